The quantitative estimate of drug-likeness (QED) is 0.773. The van der Waals surface area contributed by atoms with Crippen molar-refractivity contribution in [1.29, 1.82) is 0 Å². The molecule has 82 valence electrons. The molecule has 0 radical (unpaired) electrons. The average Bonchev–Trinajstić information content (AvgIpc) is 2.26. The Hall–Kier alpha value is -0.740. The van der Waals surface area contributed by atoms with Crippen molar-refractivity contribution in [2.75, 3.05) is 5.32 Å². The molecule has 0 aromatic heterocycles. The molecule has 0 bridgehead atoms. The van der Waals surface area contributed by atoms with E-state index in [0.717, 1.165) is 20.4 Å². The van der Waals surface area contributed by atoms with Crippen LogP contribution in [0.15, 0.2) is 45.4 Å². The van der Waals surface area contributed by atoms with Gasteiger partial charge in [-0.2, -0.15) is 0 Å². The number of halogens is 2. The minimum Gasteiger partial charge on any atom is -0.482 e. The maximum atomic E-state index is 5.94. The monoisotopic (exact) mass is 341 g/mol. The number of fused-ring (bicyclic) bond motifs is 2. The zero-order valence-corrected chi connectivity index (χ0v) is 11.5. The summed E-state index contributed by atoms with van der Waals surface area (Å²) in [4.78, 5) is 0. The third-order valence-corrected chi connectivity index (χ3v) is 3.69. The van der Waals surface area contributed by atoms with Crippen LogP contribution < -0.4 is 10.1 Å². The van der Waals surface area contributed by atoms with Crippen LogP contribution in [0.3, 0.4) is 0 Å². The number of hydrogen-bond donors (Lipinski definition) is 1. The van der Waals surface area contributed by atoms with Gasteiger partial charge in [0.15, 0.2) is 0 Å². The van der Waals surface area contributed by atoms with Gasteiger partial charge in [-0.15, -0.1) is 0 Å². The highest BCUT2D eigenvalue weighted by molar-refractivity contribution is 9.12. The third kappa shape index (κ3) is 1.80. The maximum Gasteiger partial charge on any atom is 0.144 e. The smallest absolute Gasteiger partial charge is 0.144 e. The lowest BCUT2D eigenvalue weighted by atomic mass is 10.0. The number of benzene rings is 1. The van der Waals surface area contributed by atoms with Crippen LogP contribution in [0, 0.1) is 0 Å². The molecule has 1 N–H and O–H groups in total. The molecule has 0 saturated heterocycles. The van der Waals surface area contributed by atoms with Crippen LogP contribution in [-0.4, -0.2) is 12.1 Å². The van der Waals surface area contributed by atoms with E-state index in [9.17, 15) is 0 Å². The van der Waals surface area contributed by atoms with E-state index in [0.29, 0.717) is 0 Å². The van der Waals surface area contributed by atoms with Gasteiger partial charge >= 0.3 is 0 Å². The van der Waals surface area contributed by atoms with E-state index in [2.05, 4.69) is 49.3 Å². The summed E-state index contributed by atoms with van der Waals surface area (Å²) in [5.74, 6) is 0.891. The minimum absolute atomic E-state index is 0.0566. The Morgan fingerprint density at radius 2 is 2.12 bits per heavy atom. The van der Waals surface area contributed by atoms with Crippen molar-refractivity contribution < 1.29 is 4.74 Å². The van der Waals surface area contributed by atoms with Crippen molar-refractivity contribution in [1.82, 2.24) is 0 Å². The molecule has 0 amide bonds. The second-order valence-corrected chi connectivity index (χ2v) is 5.64. The normalized spacial score (nSPS) is 26.0. The fourth-order valence-electron chi connectivity index (χ4n) is 1.90. The molecule has 2 unspecified atom stereocenters. The van der Waals surface area contributed by atoms with Gasteiger partial charge in [-0.25, -0.2) is 0 Å². The van der Waals surface area contributed by atoms with Gasteiger partial charge in [-0.1, -0.05) is 37.9 Å². The predicted octanol–water partition coefficient (Wildman–Crippen LogP) is 3.84. The van der Waals surface area contributed by atoms with Gasteiger partial charge in [0, 0.05) is 8.96 Å². The minimum atomic E-state index is 0.0566. The first-order valence-electron chi connectivity index (χ1n) is 5.01. The molecule has 1 aromatic carbocycles. The van der Waals surface area contributed by atoms with Crippen molar-refractivity contribution in [3.05, 3.63) is 45.4 Å². The molecule has 3 rings (SSSR count). The van der Waals surface area contributed by atoms with Crippen molar-refractivity contribution >= 4 is 37.5 Å². The van der Waals surface area contributed by atoms with E-state index >= 15 is 0 Å². The Morgan fingerprint density at radius 3 is 3.00 bits per heavy atom. The van der Waals surface area contributed by atoms with Gasteiger partial charge in [0.2, 0.25) is 0 Å². The highest BCUT2D eigenvalue weighted by Crippen LogP contribution is 2.36. The Kier molecular flexibility index (Phi) is 2.56. The van der Waals surface area contributed by atoms with E-state index in [-0.39, 0.29) is 12.1 Å². The predicted molar refractivity (Wildman–Crippen MR) is 72.1 cm³/mol. The molecule has 1 heterocycles. The Labute approximate surface area is 111 Å². The number of hydrogen-bond acceptors (Lipinski definition) is 2. The van der Waals surface area contributed by atoms with Gasteiger partial charge in [0.1, 0.15) is 11.9 Å². The SMILES string of the molecule is BrC1=CC2Oc3cc(Br)ccc3NC2C=C1. The molecular weight excluding hydrogens is 334 g/mol. The first kappa shape index (κ1) is 10.4. The average molecular weight is 343 g/mol. The lowest BCUT2D eigenvalue weighted by Crippen LogP contribution is -2.40. The molecule has 0 fully saturated rings. The number of ether oxygens (including phenoxy) is 1. The second-order valence-electron chi connectivity index (χ2n) is 3.80. The fourth-order valence-corrected chi connectivity index (χ4v) is 2.65. The lowest BCUT2D eigenvalue weighted by Gasteiger charge is -2.33. The summed E-state index contributed by atoms with van der Waals surface area (Å²) in [6.45, 7) is 0. The van der Waals surface area contributed by atoms with E-state index in [1.54, 1.807) is 0 Å². The zero-order valence-electron chi connectivity index (χ0n) is 8.28. The summed E-state index contributed by atoms with van der Waals surface area (Å²) in [5, 5.41) is 3.45. The molecule has 4 heteroatoms. The highest BCUT2D eigenvalue weighted by Gasteiger charge is 2.28. The Bertz CT molecular complexity index is 496. The summed E-state index contributed by atoms with van der Waals surface area (Å²) in [6, 6.07) is 6.23. The first-order chi connectivity index (χ1) is 7.72. The van der Waals surface area contributed by atoms with Crippen molar-refractivity contribution in [2.45, 2.75) is 12.1 Å². The summed E-state index contributed by atoms with van der Waals surface area (Å²) in [5.41, 5.74) is 1.04. The maximum absolute atomic E-state index is 5.94. The second kappa shape index (κ2) is 3.93. The molecule has 1 aromatic rings. The molecule has 1 aliphatic carbocycles. The van der Waals surface area contributed by atoms with E-state index in [1.165, 1.54) is 0 Å². The number of rotatable bonds is 0. The van der Waals surface area contributed by atoms with E-state index in [1.807, 2.05) is 24.3 Å². The Balaban J connectivity index is 1.98. The molecule has 16 heavy (non-hydrogen) atoms. The van der Waals surface area contributed by atoms with Crippen LogP contribution in [0.4, 0.5) is 5.69 Å². The van der Waals surface area contributed by atoms with Crippen LogP contribution in [0.1, 0.15) is 0 Å². The highest BCUT2D eigenvalue weighted by atomic mass is 79.9. The van der Waals surface area contributed by atoms with Crippen LogP contribution in [0.25, 0.3) is 0 Å². The van der Waals surface area contributed by atoms with Crippen molar-refractivity contribution in [2.24, 2.45) is 0 Å². The molecule has 2 nitrogen and oxygen atoms in total. The number of nitrogens with one attached hydrogen (secondary N) is 1. The van der Waals surface area contributed by atoms with Gasteiger partial charge in [-0.05, 0) is 30.4 Å². The van der Waals surface area contributed by atoms with E-state index < -0.39 is 0 Å². The molecule has 0 spiro atoms. The number of allylic oxidation sites excluding steroid dienone is 2. The standard InChI is InChI=1S/C12H9Br2NO/c13-7-1-3-9-11(5-7)16-12-6-8(14)2-4-10(12)15-9/h1-6,9,11,15H. The Morgan fingerprint density at radius 1 is 1.25 bits per heavy atom. The largest absolute Gasteiger partial charge is 0.482 e. The van der Waals surface area contributed by atoms with Crippen LogP contribution in [-0.2, 0) is 0 Å². The van der Waals surface area contributed by atoms with Crippen molar-refractivity contribution in [3.63, 3.8) is 0 Å². The summed E-state index contributed by atoms with van der Waals surface area (Å²) < 4.78 is 8.03. The summed E-state index contributed by atoms with van der Waals surface area (Å²) >= 11 is 6.91. The van der Waals surface area contributed by atoms with E-state index in [4.69, 9.17) is 4.74 Å². The van der Waals surface area contributed by atoms with Gasteiger partial charge < -0.3 is 10.1 Å². The molecule has 2 aliphatic rings. The summed E-state index contributed by atoms with van der Waals surface area (Å²) in [7, 11) is 0. The molecule has 0 saturated carbocycles. The van der Waals surface area contributed by atoms with Crippen LogP contribution in [0.5, 0.6) is 5.75 Å². The number of anilines is 1. The van der Waals surface area contributed by atoms with Crippen LogP contribution in [0.2, 0.25) is 0 Å². The fraction of sp³-hybridized carbons (Fsp3) is 0.167. The molecular formula is C12H9Br2NO. The third-order valence-electron chi connectivity index (χ3n) is 2.67. The summed E-state index contributed by atoms with van der Waals surface area (Å²) in [6.07, 6.45) is 6.28. The lowest BCUT2D eigenvalue weighted by molar-refractivity contribution is 0.228. The van der Waals surface area contributed by atoms with Crippen molar-refractivity contribution in [3.8, 4) is 5.75 Å². The van der Waals surface area contributed by atoms with Gasteiger partial charge in [0.05, 0.1) is 11.7 Å². The molecule has 1 aliphatic heterocycles. The zero-order chi connectivity index (χ0) is 11.1. The van der Waals surface area contributed by atoms with Crippen LogP contribution >= 0.6 is 31.9 Å². The van der Waals surface area contributed by atoms with Gasteiger partial charge in [-0.3, -0.25) is 0 Å². The van der Waals surface area contributed by atoms with Gasteiger partial charge in [0.25, 0.3) is 0 Å². The topological polar surface area (TPSA) is 21.3 Å². The first-order valence-corrected chi connectivity index (χ1v) is 6.59. The molecule has 2 atom stereocenters.